The Hall–Kier alpha value is -1.36. The summed E-state index contributed by atoms with van der Waals surface area (Å²) >= 11 is 3.36. The summed E-state index contributed by atoms with van der Waals surface area (Å²) in [6.45, 7) is 3.58. The maximum absolute atomic E-state index is 12.3. The molecule has 1 aliphatic carbocycles. The highest BCUT2D eigenvalue weighted by atomic mass is 79.9. The SMILES string of the molecule is Cc1cc(Br)ccc1C(=O)NC1CCCC1(C)C(=O)O. The molecule has 0 spiro atoms. The largest absolute Gasteiger partial charge is 0.481 e. The van der Waals surface area contributed by atoms with Crippen LogP contribution in [-0.2, 0) is 4.79 Å². The third kappa shape index (κ3) is 2.73. The van der Waals surface area contributed by atoms with Gasteiger partial charge in [0.2, 0.25) is 0 Å². The Bertz CT molecular complexity index is 558. The molecular weight excluding hydrogens is 322 g/mol. The van der Waals surface area contributed by atoms with Gasteiger partial charge in [-0.15, -0.1) is 0 Å². The summed E-state index contributed by atoms with van der Waals surface area (Å²) in [7, 11) is 0. The topological polar surface area (TPSA) is 66.4 Å². The molecule has 2 unspecified atom stereocenters. The zero-order valence-electron chi connectivity index (χ0n) is 11.6. The molecule has 2 rings (SSSR count). The minimum atomic E-state index is -0.862. The molecule has 1 aromatic carbocycles. The molecule has 0 heterocycles. The third-order valence-corrected chi connectivity index (χ3v) is 4.68. The fraction of sp³-hybridized carbons (Fsp3) is 0.467. The zero-order valence-corrected chi connectivity index (χ0v) is 13.2. The molecule has 20 heavy (non-hydrogen) atoms. The highest BCUT2D eigenvalue weighted by Crippen LogP contribution is 2.38. The summed E-state index contributed by atoms with van der Waals surface area (Å²) in [6, 6.07) is 5.13. The molecule has 1 aromatic rings. The molecule has 0 aromatic heterocycles. The molecule has 4 nitrogen and oxygen atoms in total. The van der Waals surface area contributed by atoms with Crippen molar-refractivity contribution in [3.05, 3.63) is 33.8 Å². The highest BCUT2D eigenvalue weighted by molar-refractivity contribution is 9.10. The average Bonchev–Trinajstić information content (AvgIpc) is 2.72. The number of rotatable bonds is 3. The second kappa shape index (κ2) is 5.56. The predicted octanol–water partition coefficient (Wildman–Crippen LogP) is 3.13. The van der Waals surface area contributed by atoms with Crippen LogP contribution >= 0.6 is 15.9 Å². The molecule has 1 fully saturated rings. The molecule has 5 heteroatoms. The fourth-order valence-electron chi connectivity index (χ4n) is 2.77. The maximum atomic E-state index is 12.3. The van der Waals surface area contributed by atoms with Crippen molar-refractivity contribution in [2.24, 2.45) is 5.41 Å². The van der Waals surface area contributed by atoms with E-state index in [9.17, 15) is 14.7 Å². The fourth-order valence-corrected chi connectivity index (χ4v) is 3.25. The molecule has 2 N–H and O–H groups in total. The lowest BCUT2D eigenvalue weighted by atomic mass is 9.84. The molecule has 0 aliphatic heterocycles. The van der Waals surface area contributed by atoms with Gasteiger partial charge in [0.15, 0.2) is 0 Å². The second-order valence-electron chi connectivity index (χ2n) is 5.60. The summed E-state index contributed by atoms with van der Waals surface area (Å²) in [5.74, 6) is -1.04. The summed E-state index contributed by atoms with van der Waals surface area (Å²) in [4.78, 5) is 23.7. The number of nitrogens with one attached hydrogen (secondary N) is 1. The van der Waals surface area contributed by atoms with Gasteiger partial charge in [0.1, 0.15) is 0 Å². The molecule has 1 aliphatic rings. The first-order valence-electron chi connectivity index (χ1n) is 6.65. The number of amides is 1. The van der Waals surface area contributed by atoms with E-state index in [1.54, 1.807) is 13.0 Å². The van der Waals surface area contributed by atoms with Gasteiger partial charge in [-0.05, 0) is 50.5 Å². The van der Waals surface area contributed by atoms with Crippen molar-refractivity contribution in [1.82, 2.24) is 5.32 Å². The van der Waals surface area contributed by atoms with Crippen molar-refractivity contribution in [1.29, 1.82) is 0 Å². The maximum Gasteiger partial charge on any atom is 0.311 e. The van der Waals surface area contributed by atoms with Gasteiger partial charge in [0, 0.05) is 16.1 Å². The first kappa shape index (κ1) is 15.0. The quantitative estimate of drug-likeness (QED) is 0.888. The van der Waals surface area contributed by atoms with Crippen molar-refractivity contribution in [2.45, 2.75) is 39.2 Å². The number of halogens is 1. The van der Waals surface area contributed by atoms with Crippen LogP contribution in [0.5, 0.6) is 0 Å². The van der Waals surface area contributed by atoms with Crippen LogP contribution in [0.3, 0.4) is 0 Å². The standard InChI is InChI=1S/C15H18BrNO3/c1-9-8-10(16)5-6-11(9)13(18)17-12-4-3-7-15(12,2)14(19)20/h5-6,8,12H,3-4,7H2,1-2H3,(H,17,18)(H,19,20). The Morgan fingerprint density at radius 1 is 1.45 bits per heavy atom. The van der Waals surface area contributed by atoms with Gasteiger partial charge in [-0.25, -0.2) is 0 Å². The number of hydrogen-bond donors (Lipinski definition) is 2. The van der Waals surface area contributed by atoms with Crippen LogP contribution in [-0.4, -0.2) is 23.0 Å². The van der Waals surface area contributed by atoms with E-state index in [4.69, 9.17) is 0 Å². The summed E-state index contributed by atoms with van der Waals surface area (Å²) in [5, 5.41) is 12.3. The van der Waals surface area contributed by atoms with Crippen LogP contribution in [0.4, 0.5) is 0 Å². The molecule has 108 valence electrons. The Morgan fingerprint density at radius 2 is 2.15 bits per heavy atom. The Balaban J connectivity index is 2.17. The van der Waals surface area contributed by atoms with Gasteiger partial charge in [-0.3, -0.25) is 9.59 Å². The van der Waals surface area contributed by atoms with E-state index in [1.807, 2.05) is 19.1 Å². The van der Waals surface area contributed by atoms with Crippen LogP contribution < -0.4 is 5.32 Å². The van der Waals surface area contributed by atoms with Gasteiger partial charge < -0.3 is 10.4 Å². The smallest absolute Gasteiger partial charge is 0.311 e. The Labute approximate surface area is 126 Å². The van der Waals surface area contributed by atoms with Gasteiger partial charge in [0.25, 0.3) is 5.91 Å². The van der Waals surface area contributed by atoms with E-state index in [0.29, 0.717) is 18.4 Å². The normalized spacial score (nSPS) is 25.4. The number of carbonyl (C=O) groups excluding carboxylic acids is 1. The molecule has 2 atom stereocenters. The second-order valence-corrected chi connectivity index (χ2v) is 6.52. The highest BCUT2D eigenvalue weighted by Gasteiger charge is 2.45. The molecule has 1 amide bonds. The number of aliphatic carboxylic acids is 1. The van der Waals surface area contributed by atoms with Crippen LogP contribution in [0.25, 0.3) is 0 Å². The lowest BCUT2D eigenvalue weighted by molar-refractivity contribution is -0.148. The number of carbonyl (C=O) groups is 2. The lowest BCUT2D eigenvalue weighted by Crippen LogP contribution is -2.47. The summed E-state index contributed by atoms with van der Waals surface area (Å²) < 4.78 is 0.919. The first-order chi connectivity index (χ1) is 9.34. The van der Waals surface area contributed by atoms with Crippen molar-refractivity contribution in [2.75, 3.05) is 0 Å². The first-order valence-corrected chi connectivity index (χ1v) is 7.44. The van der Waals surface area contributed by atoms with Crippen molar-refractivity contribution >= 4 is 27.8 Å². The predicted molar refractivity (Wildman–Crippen MR) is 79.7 cm³/mol. The average molecular weight is 340 g/mol. The number of carboxylic acids is 1. The monoisotopic (exact) mass is 339 g/mol. The minimum absolute atomic E-state index is 0.200. The van der Waals surface area contributed by atoms with E-state index in [-0.39, 0.29) is 11.9 Å². The number of carboxylic acid groups (broad SMARTS) is 1. The minimum Gasteiger partial charge on any atom is -0.481 e. The zero-order chi connectivity index (χ0) is 14.9. The van der Waals surface area contributed by atoms with E-state index in [2.05, 4.69) is 21.2 Å². The number of hydrogen-bond acceptors (Lipinski definition) is 2. The number of benzene rings is 1. The van der Waals surface area contributed by atoms with Crippen LogP contribution in [0, 0.1) is 12.3 Å². The van der Waals surface area contributed by atoms with Crippen molar-refractivity contribution < 1.29 is 14.7 Å². The van der Waals surface area contributed by atoms with E-state index in [0.717, 1.165) is 16.5 Å². The molecule has 1 saturated carbocycles. The van der Waals surface area contributed by atoms with Crippen molar-refractivity contribution in [3.63, 3.8) is 0 Å². The van der Waals surface area contributed by atoms with Crippen LogP contribution in [0.2, 0.25) is 0 Å². The molecule has 0 saturated heterocycles. The van der Waals surface area contributed by atoms with Crippen LogP contribution in [0.1, 0.15) is 42.1 Å². The lowest BCUT2D eigenvalue weighted by Gasteiger charge is -2.27. The van der Waals surface area contributed by atoms with Crippen molar-refractivity contribution in [3.8, 4) is 0 Å². The third-order valence-electron chi connectivity index (χ3n) is 4.18. The van der Waals surface area contributed by atoms with E-state index in [1.165, 1.54) is 0 Å². The van der Waals surface area contributed by atoms with E-state index >= 15 is 0 Å². The van der Waals surface area contributed by atoms with Crippen LogP contribution in [0.15, 0.2) is 22.7 Å². The van der Waals surface area contributed by atoms with Gasteiger partial charge >= 0.3 is 5.97 Å². The summed E-state index contributed by atoms with van der Waals surface area (Å²) in [5.41, 5.74) is 0.596. The number of aryl methyl sites for hydroxylation is 1. The van der Waals surface area contributed by atoms with E-state index < -0.39 is 11.4 Å². The molecule has 0 radical (unpaired) electrons. The molecule has 0 bridgehead atoms. The molecular formula is C15H18BrNO3. The van der Waals surface area contributed by atoms with Gasteiger partial charge in [-0.2, -0.15) is 0 Å². The Morgan fingerprint density at radius 3 is 2.75 bits per heavy atom. The Kier molecular flexibility index (Phi) is 4.18. The van der Waals surface area contributed by atoms with Gasteiger partial charge in [0.05, 0.1) is 5.41 Å². The summed E-state index contributed by atoms with van der Waals surface area (Å²) in [6.07, 6.45) is 2.14. The van der Waals surface area contributed by atoms with Gasteiger partial charge in [-0.1, -0.05) is 22.4 Å².